The Morgan fingerprint density at radius 2 is 1.89 bits per heavy atom. The maximum absolute atomic E-state index is 12.5. The first-order valence-corrected chi connectivity index (χ1v) is 10.1. The third-order valence-electron chi connectivity index (χ3n) is 4.64. The van der Waals surface area contributed by atoms with Gasteiger partial charge < -0.3 is 4.57 Å². The van der Waals surface area contributed by atoms with E-state index in [1.54, 1.807) is 11.0 Å². The number of benzene rings is 1. The molecule has 0 spiro atoms. The highest BCUT2D eigenvalue weighted by Crippen LogP contribution is 2.32. The highest BCUT2D eigenvalue weighted by Gasteiger charge is 2.34. The summed E-state index contributed by atoms with van der Waals surface area (Å²) < 4.78 is 3.17. The molecule has 2 aromatic rings. The average Bonchev–Trinajstić information content (AvgIpc) is 3.12. The lowest BCUT2D eigenvalue weighted by Gasteiger charge is -2.25. The van der Waals surface area contributed by atoms with Gasteiger partial charge in [0, 0.05) is 27.2 Å². The van der Waals surface area contributed by atoms with Gasteiger partial charge in [0.1, 0.15) is 5.84 Å². The molecule has 7 heteroatoms. The van der Waals surface area contributed by atoms with Crippen LogP contribution in [0.5, 0.6) is 0 Å². The first-order chi connectivity index (χ1) is 12.9. The van der Waals surface area contributed by atoms with E-state index in [2.05, 4.69) is 25.5 Å². The van der Waals surface area contributed by atoms with E-state index < -0.39 is 0 Å². The zero-order valence-corrected chi connectivity index (χ0v) is 17.5. The molecule has 0 radical (unpaired) electrons. The molecule has 136 valence electrons. The second-order valence-corrected chi connectivity index (χ2v) is 8.21. The molecule has 3 heterocycles. The number of allylic oxidation sites excluding steroid dienone is 1. The third kappa shape index (κ3) is 3.00. The zero-order valence-electron chi connectivity index (χ0n) is 15.1. The number of aliphatic imine (C=N–C) groups is 1. The van der Waals surface area contributed by atoms with Crippen molar-refractivity contribution in [2.45, 2.75) is 20.8 Å². The number of hydrogen-bond acceptors (Lipinski definition) is 3. The molecule has 27 heavy (non-hydrogen) atoms. The van der Waals surface area contributed by atoms with E-state index in [-0.39, 0.29) is 11.7 Å². The Morgan fingerprint density at radius 3 is 2.59 bits per heavy atom. The third-order valence-corrected chi connectivity index (χ3v) is 6.11. The van der Waals surface area contributed by atoms with Crippen LogP contribution >= 0.6 is 27.7 Å². The van der Waals surface area contributed by atoms with Gasteiger partial charge in [-0.3, -0.25) is 15.1 Å². The van der Waals surface area contributed by atoms with Crippen molar-refractivity contribution in [3.63, 3.8) is 0 Å². The lowest BCUT2D eigenvalue weighted by molar-refractivity contribution is -0.114. The second kappa shape index (κ2) is 6.65. The topological polar surface area (TPSA) is 61.5 Å². The SMILES string of the molecule is CC1=CSC2=NC(=O)/C(=C/c3cc(C)n(-c4ccc(Br)cc4)c3C)C(=N)N12. The van der Waals surface area contributed by atoms with Gasteiger partial charge in [-0.2, -0.15) is 4.99 Å². The quantitative estimate of drug-likeness (QED) is 0.666. The molecule has 0 atom stereocenters. The summed E-state index contributed by atoms with van der Waals surface area (Å²) in [5, 5.41) is 11.0. The van der Waals surface area contributed by atoms with Gasteiger partial charge in [-0.25, -0.2) is 0 Å². The van der Waals surface area contributed by atoms with Crippen LogP contribution in [0.25, 0.3) is 11.8 Å². The van der Waals surface area contributed by atoms with Crippen LogP contribution in [-0.4, -0.2) is 26.4 Å². The fraction of sp³-hybridized carbons (Fsp3) is 0.150. The number of thioether (sulfide) groups is 1. The molecule has 4 rings (SSSR count). The van der Waals surface area contributed by atoms with Crippen molar-refractivity contribution < 1.29 is 4.79 Å². The summed E-state index contributed by atoms with van der Waals surface area (Å²) in [6, 6.07) is 10.1. The molecule has 1 amide bonds. The van der Waals surface area contributed by atoms with E-state index in [9.17, 15) is 4.79 Å². The summed E-state index contributed by atoms with van der Waals surface area (Å²) in [5.41, 5.74) is 5.26. The van der Waals surface area contributed by atoms with Crippen molar-refractivity contribution in [3.05, 3.63) is 68.4 Å². The van der Waals surface area contributed by atoms with E-state index in [1.165, 1.54) is 11.8 Å². The molecular formula is C20H17BrN4OS. The van der Waals surface area contributed by atoms with E-state index in [0.29, 0.717) is 10.7 Å². The number of carbonyl (C=O) groups is 1. The van der Waals surface area contributed by atoms with Crippen LogP contribution in [0.4, 0.5) is 0 Å². The Hall–Kier alpha value is -2.38. The van der Waals surface area contributed by atoms with Gasteiger partial charge in [-0.05, 0) is 68.2 Å². The lowest BCUT2D eigenvalue weighted by atomic mass is 10.1. The number of fused-ring (bicyclic) bond motifs is 1. The highest BCUT2D eigenvalue weighted by atomic mass is 79.9. The van der Waals surface area contributed by atoms with E-state index in [1.807, 2.05) is 56.5 Å². The Balaban J connectivity index is 1.78. The minimum Gasteiger partial charge on any atom is -0.318 e. The minimum atomic E-state index is -0.365. The first kappa shape index (κ1) is 18.0. The molecule has 0 unspecified atom stereocenters. The van der Waals surface area contributed by atoms with Gasteiger partial charge in [0.25, 0.3) is 5.91 Å². The van der Waals surface area contributed by atoms with Crippen LogP contribution in [0.1, 0.15) is 23.9 Å². The minimum absolute atomic E-state index is 0.178. The number of rotatable bonds is 2. The predicted molar refractivity (Wildman–Crippen MR) is 114 cm³/mol. The van der Waals surface area contributed by atoms with Crippen LogP contribution in [0, 0.1) is 19.3 Å². The smallest absolute Gasteiger partial charge is 0.283 e. The monoisotopic (exact) mass is 440 g/mol. The summed E-state index contributed by atoms with van der Waals surface area (Å²) >= 11 is 4.84. The second-order valence-electron chi connectivity index (χ2n) is 6.46. The lowest BCUT2D eigenvalue weighted by Crippen LogP contribution is -2.37. The molecule has 5 nitrogen and oxygen atoms in total. The average molecular weight is 441 g/mol. The van der Waals surface area contributed by atoms with Crippen LogP contribution in [-0.2, 0) is 4.79 Å². The number of aromatic nitrogens is 1. The number of nitrogens with zero attached hydrogens (tertiary/aromatic N) is 3. The Bertz CT molecular complexity index is 1080. The summed E-state index contributed by atoms with van der Waals surface area (Å²) in [5.74, 6) is -0.188. The fourth-order valence-corrected chi connectivity index (χ4v) is 4.44. The number of aryl methyl sites for hydroxylation is 1. The van der Waals surface area contributed by atoms with Crippen molar-refractivity contribution in [3.8, 4) is 5.69 Å². The fourth-order valence-electron chi connectivity index (χ4n) is 3.32. The van der Waals surface area contributed by atoms with E-state index >= 15 is 0 Å². The van der Waals surface area contributed by atoms with Gasteiger partial charge in [0.2, 0.25) is 0 Å². The number of hydrogen-bond donors (Lipinski definition) is 1. The molecule has 1 aromatic heterocycles. The normalized spacial score (nSPS) is 18.1. The molecule has 0 bridgehead atoms. The molecule has 1 aromatic carbocycles. The molecular weight excluding hydrogens is 424 g/mol. The number of amidine groups is 2. The summed E-state index contributed by atoms with van der Waals surface area (Å²) in [7, 11) is 0. The van der Waals surface area contributed by atoms with E-state index in [0.717, 1.165) is 32.8 Å². The van der Waals surface area contributed by atoms with E-state index in [4.69, 9.17) is 5.41 Å². The van der Waals surface area contributed by atoms with Crippen LogP contribution in [0.3, 0.4) is 0 Å². The number of carbonyl (C=O) groups excluding carboxylic acids is 1. The van der Waals surface area contributed by atoms with Gasteiger partial charge in [-0.15, -0.1) is 0 Å². The van der Waals surface area contributed by atoms with Crippen molar-refractivity contribution in [1.82, 2.24) is 9.47 Å². The predicted octanol–water partition coefficient (Wildman–Crippen LogP) is 5.02. The molecule has 0 saturated carbocycles. The van der Waals surface area contributed by atoms with Crippen molar-refractivity contribution in [2.75, 3.05) is 0 Å². The molecule has 2 aliphatic rings. The highest BCUT2D eigenvalue weighted by molar-refractivity contribution is 9.10. The van der Waals surface area contributed by atoms with Crippen LogP contribution in [0.15, 0.2) is 56.5 Å². The van der Waals surface area contributed by atoms with Gasteiger partial charge in [0.15, 0.2) is 5.17 Å². The largest absolute Gasteiger partial charge is 0.318 e. The van der Waals surface area contributed by atoms with Crippen molar-refractivity contribution in [2.24, 2.45) is 4.99 Å². The standard InChI is InChI=1S/C20H17BrN4OS/c1-11-8-14(13(3)24(11)16-6-4-15(21)5-7-16)9-17-18(22)25-12(2)10-27-20(25)23-19(17)26/h4-10,22H,1-3H3/b17-9+,22-18?. The van der Waals surface area contributed by atoms with Crippen LogP contribution in [0.2, 0.25) is 0 Å². The molecule has 0 aliphatic carbocycles. The maximum atomic E-state index is 12.5. The molecule has 2 aliphatic heterocycles. The molecule has 1 N–H and O–H groups in total. The Kier molecular flexibility index (Phi) is 4.44. The van der Waals surface area contributed by atoms with Crippen LogP contribution < -0.4 is 0 Å². The maximum Gasteiger partial charge on any atom is 0.283 e. The zero-order chi connectivity index (χ0) is 19.3. The summed E-state index contributed by atoms with van der Waals surface area (Å²) in [4.78, 5) is 18.4. The van der Waals surface area contributed by atoms with Crippen molar-refractivity contribution >= 4 is 50.7 Å². The molecule has 0 fully saturated rings. The summed E-state index contributed by atoms with van der Waals surface area (Å²) in [6.07, 6.45) is 1.78. The number of nitrogens with one attached hydrogen (secondary N) is 1. The number of amides is 1. The summed E-state index contributed by atoms with van der Waals surface area (Å²) in [6.45, 7) is 5.96. The van der Waals surface area contributed by atoms with Gasteiger partial charge in [0.05, 0.1) is 5.57 Å². The van der Waals surface area contributed by atoms with Crippen molar-refractivity contribution in [1.29, 1.82) is 5.41 Å². The van der Waals surface area contributed by atoms with Gasteiger partial charge >= 0.3 is 0 Å². The number of halogens is 1. The van der Waals surface area contributed by atoms with Gasteiger partial charge in [-0.1, -0.05) is 27.7 Å². The Morgan fingerprint density at radius 1 is 1.19 bits per heavy atom. The Labute approximate surface area is 170 Å². The molecule has 0 saturated heterocycles. The first-order valence-electron chi connectivity index (χ1n) is 8.39.